The second kappa shape index (κ2) is 7.40. The number of nitrogens with two attached hydrogens (primary N) is 1. The van der Waals surface area contributed by atoms with E-state index < -0.39 is 0 Å². The van der Waals surface area contributed by atoms with Crippen molar-refractivity contribution in [1.29, 1.82) is 0 Å². The molecule has 0 aliphatic heterocycles. The molecule has 0 spiro atoms. The average molecular weight is 323 g/mol. The highest BCUT2D eigenvalue weighted by molar-refractivity contribution is 7.09. The first kappa shape index (κ1) is 15.7. The molecule has 3 rings (SSSR count). The lowest BCUT2D eigenvalue weighted by molar-refractivity contribution is 0.331. The van der Waals surface area contributed by atoms with Gasteiger partial charge in [-0.15, -0.1) is 11.3 Å². The summed E-state index contributed by atoms with van der Waals surface area (Å²) in [5, 5.41) is 3.28. The number of nitrogen functional groups attached to an aromatic ring is 1. The van der Waals surface area contributed by atoms with E-state index in [9.17, 15) is 0 Å². The lowest BCUT2D eigenvalue weighted by Gasteiger charge is -2.15. The molecule has 4 heteroatoms. The van der Waals surface area contributed by atoms with Crippen LogP contribution in [0.4, 0.5) is 5.69 Å². The van der Waals surface area contributed by atoms with Gasteiger partial charge in [-0.1, -0.05) is 42.5 Å². The molecule has 2 N–H and O–H groups in total. The summed E-state index contributed by atoms with van der Waals surface area (Å²) in [7, 11) is 2.15. The van der Waals surface area contributed by atoms with Crippen molar-refractivity contribution in [3.05, 3.63) is 70.5 Å². The van der Waals surface area contributed by atoms with Crippen LogP contribution < -0.4 is 5.73 Å². The van der Waals surface area contributed by atoms with E-state index in [0.29, 0.717) is 0 Å². The topological polar surface area (TPSA) is 42.2 Å². The SMILES string of the molecule is CN(CCc1nc(-c2cccc(N)c2)cs1)Cc1ccccc1. The van der Waals surface area contributed by atoms with Crippen molar-refractivity contribution in [2.24, 2.45) is 0 Å². The van der Waals surface area contributed by atoms with E-state index in [1.807, 2.05) is 18.2 Å². The minimum absolute atomic E-state index is 0.777. The Hall–Kier alpha value is -2.17. The van der Waals surface area contributed by atoms with Gasteiger partial charge in [0.1, 0.15) is 0 Å². The van der Waals surface area contributed by atoms with Crippen molar-refractivity contribution in [3.8, 4) is 11.3 Å². The predicted molar refractivity (Wildman–Crippen MR) is 98.4 cm³/mol. The summed E-state index contributed by atoms with van der Waals surface area (Å²) in [6, 6.07) is 18.4. The fraction of sp³-hybridized carbons (Fsp3) is 0.211. The number of hydrogen-bond donors (Lipinski definition) is 1. The van der Waals surface area contributed by atoms with Crippen LogP contribution in [0, 0.1) is 0 Å². The van der Waals surface area contributed by atoms with Gasteiger partial charge in [-0.05, 0) is 24.7 Å². The lowest BCUT2D eigenvalue weighted by atomic mass is 10.1. The number of benzene rings is 2. The van der Waals surface area contributed by atoms with Gasteiger partial charge >= 0.3 is 0 Å². The molecule has 0 atom stereocenters. The van der Waals surface area contributed by atoms with Gasteiger partial charge in [0.2, 0.25) is 0 Å². The van der Waals surface area contributed by atoms with E-state index in [0.717, 1.165) is 36.5 Å². The predicted octanol–water partition coefficient (Wildman–Crippen LogP) is 4.07. The second-order valence-corrected chi connectivity index (χ2v) is 6.67. The summed E-state index contributed by atoms with van der Waals surface area (Å²) in [4.78, 5) is 7.07. The van der Waals surface area contributed by atoms with Gasteiger partial charge in [0, 0.05) is 36.1 Å². The van der Waals surface area contributed by atoms with Crippen molar-refractivity contribution in [2.45, 2.75) is 13.0 Å². The Morgan fingerprint density at radius 3 is 2.70 bits per heavy atom. The highest BCUT2D eigenvalue weighted by atomic mass is 32.1. The number of thiazole rings is 1. The van der Waals surface area contributed by atoms with E-state index >= 15 is 0 Å². The zero-order chi connectivity index (χ0) is 16.1. The van der Waals surface area contributed by atoms with E-state index in [2.05, 4.69) is 53.7 Å². The minimum atomic E-state index is 0.777. The van der Waals surface area contributed by atoms with E-state index in [1.165, 1.54) is 10.6 Å². The Bertz CT molecular complexity index is 752. The molecule has 118 valence electrons. The molecule has 2 aromatic carbocycles. The maximum atomic E-state index is 5.84. The maximum Gasteiger partial charge on any atom is 0.0945 e. The van der Waals surface area contributed by atoms with Crippen molar-refractivity contribution in [1.82, 2.24) is 9.88 Å². The third-order valence-electron chi connectivity index (χ3n) is 3.74. The molecular formula is C19H21N3S. The summed E-state index contributed by atoms with van der Waals surface area (Å²) >= 11 is 1.72. The van der Waals surface area contributed by atoms with Gasteiger partial charge in [-0.3, -0.25) is 0 Å². The first-order valence-electron chi connectivity index (χ1n) is 7.73. The number of nitrogens with zero attached hydrogens (tertiary/aromatic N) is 2. The van der Waals surface area contributed by atoms with Crippen LogP contribution in [0.5, 0.6) is 0 Å². The maximum absolute atomic E-state index is 5.84. The Morgan fingerprint density at radius 2 is 1.91 bits per heavy atom. The molecule has 23 heavy (non-hydrogen) atoms. The number of anilines is 1. The molecule has 3 aromatic rings. The fourth-order valence-corrected chi connectivity index (χ4v) is 3.31. The molecule has 0 saturated carbocycles. The number of hydrogen-bond acceptors (Lipinski definition) is 4. The normalized spacial score (nSPS) is 11.0. The second-order valence-electron chi connectivity index (χ2n) is 5.73. The van der Waals surface area contributed by atoms with E-state index in [-0.39, 0.29) is 0 Å². The molecule has 0 radical (unpaired) electrons. The Labute approximate surface area is 141 Å². The van der Waals surface area contributed by atoms with Gasteiger partial charge in [0.25, 0.3) is 0 Å². The molecule has 1 heterocycles. The van der Waals surface area contributed by atoms with Crippen molar-refractivity contribution < 1.29 is 0 Å². The van der Waals surface area contributed by atoms with Crippen LogP contribution in [0.25, 0.3) is 11.3 Å². The van der Waals surface area contributed by atoms with Gasteiger partial charge in [-0.2, -0.15) is 0 Å². The molecule has 1 aromatic heterocycles. The smallest absolute Gasteiger partial charge is 0.0945 e. The van der Waals surface area contributed by atoms with Crippen LogP contribution >= 0.6 is 11.3 Å². The Kier molecular flexibility index (Phi) is 5.05. The summed E-state index contributed by atoms with van der Waals surface area (Å²) in [6.07, 6.45) is 0.969. The summed E-state index contributed by atoms with van der Waals surface area (Å²) < 4.78 is 0. The van der Waals surface area contributed by atoms with Crippen molar-refractivity contribution in [3.63, 3.8) is 0 Å². The zero-order valence-corrected chi connectivity index (χ0v) is 14.1. The fourth-order valence-electron chi connectivity index (χ4n) is 2.52. The Balaban J connectivity index is 1.57. The van der Waals surface area contributed by atoms with Gasteiger partial charge < -0.3 is 10.6 Å². The summed E-state index contributed by atoms with van der Waals surface area (Å²) in [5.41, 5.74) is 10.1. The zero-order valence-electron chi connectivity index (χ0n) is 13.3. The van der Waals surface area contributed by atoms with Crippen LogP contribution in [0.1, 0.15) is 10.6 Å². The van der Waals surface area contributed by atoms with Gasteiger partial charge in [-0.25, -0.2) is 4.98 Å². The molecule has 0 fully saturated rings. The first-order chi connectivity index (χ1) is 11.2. The third kappa shape index (κ3) is 4.41. The molecule has 0 aliphatic rings. The highest BCUT2D eigenvalue weighted by Gasteiger charge is 2.07. The van der Waals surface area contributed by atoms with E-state index in [1.54, 1.807) is 11.3 Å². The van der Waals surface area contributed by atoms with Crippen LogP contribution in [0.2, 0.25) is 0 Å². The molecule has 0 aliphatic carbocycles. The standard InChI is InChI=1S/C19H21N3S/c1-22(13-15-6-3-2-4-7-15)11-10-19-21-18(14-23-19)16-8-5-9-17(20)12-16/h2-9,12,14H,10-11,13,20H2,1H3. The number of likely N-dealkylation sites (N-methyl/N-ethyl adjacent to an activating group) is 1. The van der Waals surface area contributed by atoms with Crippen molar-refractivity contribution in [2.75, 3.05) is 19.3 Å². The third-order valence-corrected chi connectivity index (χ3v) is 4.65. The molecule has 3 nitrogen and oxygen atoms in total. The molecule has 0 unspecified atom stereocenters. The monoisotopic (exact) mass is 323 g/mol. The van der Waals surface area contributed by atoms with E-state index in [4.69, 9.17) is 10.7 Å². The average Bonchev–Trinajstić information content (AvgIpc) is 3.03. The molecule has 0 bridgehead atoms. The molecule has 0 saturated heterocycles. The highest BCUT2D eigenvalue weighted by Crippen LogP contribution is 2.23. The number of aromatic nitrogens is 1. The summed E-state index contributed by atoms with van der Waals surface area (Å²) in [5.74, 6) is 0. The summed E-state index contributed by atoms with van der Waals surface area (Å²) in [6.45, 7) is 1.97. The Morgan fingerprint density at radius 1 is 1.09 bits per heavy atom. The van der Waals surface area contributed by atoms with Gasteiger partial charge in [0.05, 0.1) is 10.7 Å². The quantitative estimate of drug-likeness (QED) is 0.695. The largest absolute Gasteiger partial charge is 0.399 e. The minimum Gasteiger partial charge on any atom is -0.399 e. The van der Waals surface area contributed by atoms with Crippen LogP contribution in [-0.2, 0) is 13.0 Å². The van der Waals surface area contributed by atoms with Gasteiger partial charge in [0.15, 0.2) is 0 Å². The lowest BCUT2D eigenvalue weighted by Crippen LogP contribution is -2.20. The molecule has 0 amide bonds. The first-order valence-corrected chi connectivity index (χ1v) is 8.61. The van der Waals surface area contributed by atoms with Crippen LogP contribution in [0.3, 0.4) is 0 Å². The van der Waals surface area contributed by atoms with Crippen molar-refractivity contribution >= 4 is 17.0 Å². The van der Waals surface area contributed by atoms with Crippen LogP contribution in [-0.4, -0.2) is 23.5 Å². The van der Waals surface area contributed by atoms with Crippen LogP contribution in [0.15, 0.2) is 60.0 Å². The number of rotatable bonds is 6. The molecular weight excluding hydrogens is 302 g/mol.